The van der Waals surface area contributed by atoms with Crippen molar-refractivity contribution < 1.29 is 37.3 Å². The van der Waals surface area contributed by atoms with Crippen molar-refractivity contribution in [2.45, 2.75) is 12.7 Å². The highest BCUT2D eigenvalue weighted by Crippen LogP contribution is 2.36. The summed E-state index contributed by atoms with van der Waals surface area (Å²) in [4.78, 5) is 50.3. The maximum atomic E-state index is 13.3. The lowest BCUT2D eigenvalue weighted by atomic mass is 10.1. The molecule has 3 aromatic rings. The van der Waals surface area contributed by atoms with Crippen LogP contribution < -0.4 is 20.9 Å². The Bertz CT molecular complexity index is 1540. The highest BCUT2D eigenvalue weighted by atomic mass is 35.5. The Kier molecular flexibility index (Phi) is 6.93. The number of benzene rings is 2. The van der Waals surface area contributed by atoms with E-state index in [9.17, 15) is 32.3 Å². The van der Waals surface area contributed by atoms with Crippen LogP contribution in [-0.4, -0.2) is 39.6 Å². The molecule has 0 bridgehead atoms. The third kappa shape index (κ3) is 5.13. The number of carbonyl (C=O) groups is 2. The summed E-state index contributed by atoms with van der Waals surface area (Å²) in [7, 11) is 0. The van der Waals surface area contributed by atoms with Crippen LogP contribution in [0, 0.1) is 0 Å². The summed E-state index contributed by atoms with van der Waals surface area (Å²) < 4.78 is 50.5. The number of carbonyl (C=O) groups excluding carboxylic acids is 1. The Morgan fingerprint density at radius 3 is 2.46 bits per heavy atom. The van der Waals surface area contributed by atoms with Crippen molar-refractivity contribution in [1.29, 1.82) is 0 Å². The summed E-state index contributed by atoms with van der Waals surface area (Å²) in [5.41, 5.74) is -3.38. The Morgan fingerprint density at radius 1 is 1.14 bits per heavy atom. The smallest absolute Gasteiger partial charge is 0.449 e. The van der Waals surface area contributed by atoms with Gasteiger partial charge in [-0.2, -0.15) is 13.2 Å². The molecule has 10 nitrogen and oxygen atoms in total. The van der Waals surface area contributed by atoms with E-state index < -0.39 is 52.6 Å². The van der Waals surface area contributed by atoms with E-state index in [-0.39, 0.29) is 35.1 Å². The molecule has 0 saturated carbocycles. The number of anilines is 1. The first-order chi connectivity index (χ1) is 17.4. The number of nitrogens with zero attached hydrogens (tertiary/aromatic N) is 3. The number of cyclic esters (lactones) is 1. The molecule has 194 valence electrons. The Balaban J connectivity index is 1.85. The van der Waals surface area contributed by atoms with E-state index in [0.29, 0.717) is 4.57 Å². The fourth-order valence-corrected chi connectivity index (χ4v) is 4.20. The van der Waals surface area contributed by atoms with Crippen molar-refractivity contribution in [3.8, 4) is 11.4 Å². The summed E-state index contributed by atoms with van der Waals surface area (Å²) in [6.45, 7) is -0.352. The van der Waals surface area contributed by atoms with E-state index in [1.807, 2.05) is 0 Å². The zero-order valence-electron chi connectivity index (χ0n) is 18.3. The maximum Gasteiger partial charge on any atom is 0.511 e. The molecular formula is C22H14Cl2F3N3O7. The van der Waals surface area contributed by atoms with Crippen molar-refractivity contribution >= 4 is 41.1 Å². The lowest BCUT2D eigenvalue weighted by molar-refractivity contribution is -0.137. The number of rotatable bonds is 5. The molecule has 15 heteroatoms. The maximum absolute atomic E-state index is 13.3. The first-order valence-corrected chi connectivity index (χ1v) is 11.0. The number of aromatic nitrogens is 2. The third-order valence-corrected chi connectivity index (χ3v) is 6.06. The van der Waals surface area contributed by atoms with Gasteiger partial charge in [0.1, 0.15) is 6.61 Å². The highest BCUT2D eigenvalue weighted by Gasteiger charge is 2.34. The van der Waals surface area contributed by atoms with Gasteiger partial charge >= 0.3 is 24.1 Å². The Labute approximate surface area is 214 Å². The van der Waals surface area contributed by atoms with Crippen molar-refractivity contribution in [3.05, 3.63) is 84.6 Å². The van der Waals surface area contributed by atoms with Gasteiger partial charge in [-0.3, -0.25) is 18.8 Å². The van der Waals surface area contributed by atoms with Gasteiger partial charge in [-0.25, -0.2) is 14.4 Å². The van der Waals surface area contributed by atoms with Crippen LogP contribution in [0.1, 0.15) is 11.1 Å². The van der Waals surface area contributed by atoms with Crippen molar-refractivity contribution in [2.75, 3.05) is 18.1 Å². The number of hydrogen-bond acceptors (Lipinski definition) is 6. The van der Waals surface area contributed by atoms with Crippen LogP contribution in [0.3, 0.4) is 0 Å². The van der Waals surface area contributed by atoms with Gasteiger partial charge in [-0.1, -0.05) is 35.3 Å². The lowest BCUT2D eigenvalue weighted by Gasteiger charge is -2.17. The molecule has 1 fully saturated rings. The van der Waals surface area contributed by atoms with Crippen LogP contribution in [0.2, 0.25) is 10.0 Å². The molecule has 1 saturated heterocycles. The molecule has 0 spiro atoms. The quantitative estimate of drug-likeness (QED) is 0.460. The first-order valence-electron chi connectivity index (χ1n) is 10.2. The van der Waals surface area contributed by atoms with Crippen LogP contribution in [-0.2, 0) is 17.5 Å². The van der Waals surface area contributed by atoms with Crippen LogP contribution in [0.25, 0.3) is 5.69 Å². The minimum atomic E-state index is -4.80. The summed E-state index contributed by atoms with van der Waals surface area (Å²) >= 11 is 12.2. The Morgan fingerprint density at radius 2 is 1.86 bits per heavy atom. The van der Waals surface area contributed by atoms with E-state index >= 15 is 0 Å². The number of hydrogen-bond donors (Lipinski definition) is 1. The SMILES string of the molecule is O=C(O)Oc1cn(-c2ccc(N3CCOC3=O)c(Cl)c2)c(=O)n(Cc2cccc(C(F)(F)F)c2Cl)c1=O. The van der Waals surface area contributed by atoms with Gasteiger partial charge in [0, 0.05) is 0 Å². The topological polar surface area (TPSA) is 120 Å². The largest absolute Gasteiger partial charge is 0.511 e. The lowest BCUT2D eigenvalue weighted by Crippen LogP contribution is -2.40. The van der Waals surface area contributed by atoms with Crippen molar-refractivity contribution in [3.63, 3.8) is 0 Å². The minimum Gasteiger partial charge on any atom is -0.449 e. The molecule has 0 unspecified atom stereocenters. The van der Waals surface area contributed by atoms with Crippen LogP contribution in [0.5, 0.6) is 5.75 Å². The van der Waals surface area contributed by atoms with Gasteiger partial charge in [-0.15, -0.1) is 0 Å². The van der Waals surface area contributed by atoms with Gasteiger partial charge in [-0.05, 0) is 29.8 Å². The van der Waals surface area contributed by atoms with Crippen molar-refractivity contribution in [1.82, 2.24) is 9.13 Å². The van der Waals surface area contributed by atoms with Crippen LogP contribution in [0.4, 0.5) is 28.4 Å². The Hall–Kier alpha value is -3.97. The van der Waals surface area contributed by atoms with Crippen LogP contribution >= 0.6 is 23.2 Å². The van der Waals surface area contributed by atoms with Gasteiger partial charge in [0.05, 0.1) is 46.3 Å². The molecule has 1 N–H and O–H groups in total. The summed E-state index contributed by atoms with van der Waals surface area (Å²) in [5.74, 6) is -0.807. The second-order valence-electron chi connectivity index (χ2n) is 7.58. The number of amides is 1. The van der Waals surface area contributed by atoms with Crippen molar-refractivity contribution in [2.24, 2.45) is 0 Å². The highest BCUT2D eigenvalue weighted by molar-refractivity contribution is 6.34. The van der Waals surface area contributed by atoms with E-state index in [4.69, 9.17) is 33.0 Å². The molecule has 1 aromatic heterocycles. The third-order valence-electron chi connectivity index (χ3n) is 5.31. The molecule has 1 amide bonds. The number of halogens is 5. The number of carboxylic acid groups (broad SMARTS) is 1. The summed E-state index contributed by atoms with van der Waals surface area (Å²) in [6.07, 6.45) is -6.49. The van der Waals surface area contributed by atoms with E-state index in [0.717, 1.165) is 22.9 Å². The molecule has 37 heavy (non-hydrogen) atoms. The summed E-state index contributed by atoms with van der Waals surface area (Å²) in [5, 5.41) is 8.31. The number of alkyl halides is 3. The molecule has 0 aliphatic carbocycles. The normalized spacial score (nSPS) is 13.5. The van der Waals surface area contributed by atoms with Crippen LogP contribution in [0.15, 0.2) is 52.2 Å². The zero-order chi connectivity index (χ0) is 27.1. The first kappa shape index (κ1) is 26.1. The number of ether oxygens (including phenoxy) is 2. The van der Waals surface area contributed by atoms with Gasteiger partial charge in [0.25, 0.3) is 5.56 Å². The standard InChI is InChI=1S/C22H14Cl2F3N3O7/c23-14-8-12(4-5-15(14)28-6-7-36-20(28)33)29-10-16(37-21(34)35)18(31)30(19(29)32)9-11-2-1-3-13(17(11)24)22(25,26)27/h1-5,8,10H,6-7,9H2,(H,34,35). The fourth-order valence-electron chi connectivity index (χ4n) is 3.63. The molecule has 1 aliphatic rings. The summed E-state index contributed by atoms with van der Waals surface area (Å²) in [6, 6.07) is 6.97. The van der Waals surface area contributed by atoms with E-state index in [2.05, 4.69) is 4.74 Å². The molecule has 0 atom stereocenters. The average molecular weight is 560 g/mol. The molecular weight excluding hydrogens is 546 g/mol. The second kappa shape index (κ2) is 9.82. The predicted molar refractivity (Wildman–Crippen MR) is 124 cm³/mol. The fraction of sp³-hybridized carbons (Fsp3) is 0.182. The van der Waals surface area contributed by atoms with Gasteiger partial charge in [0.15, 0.2) is 0 Å². The van der Waals surface area contributed by atoms with E-state index in [1.165, 1.54) is 29.2 Å². The molecule has 4 rings (SSSR count). The average Bonchev–Trinajstić information content (AvgIpc) is 3.24. The zero-order valence-corrected chi connectivity index (χ0v) is 19.8. The van der Waals surface area contributed by atoms with Gasteiger partial charge in [0.2, 0.25) is 5.75 Å². The minimum absolute atomic E-state index is 0.0163. The van der Waals surface area contributed by atoms with Gasteiger partial charge < -0.3 is 14.6 Å². The second-order valence-corrected chi connectivity index (χ2v) is 8.37. The molecule has 1 aliphatic heterocycles. The monoisotopic (exact) mass is 559 g/mol. The predicted octanol–water partition coefficient (Wildman–Crippen LogP) is 4.39. The molecule has 0 radical (unpaired) electrons. The molecule has 2 heterocycles. The molecule has 2 aromatic carbocycles. The van der Waals surface area contributed by atoms with E-state index in [1.54, 1.807) is 0 Å².